The van der Waals surface area contributed by atoms with Crippen molar-refractivity contribution in [2.75, 3.05) is 19.6 Å². The van der Waals surface area contributed by atoms with Crippen LogP contribution in [0.1, 0.15) is 27.2 Å². The SMILES string of the molecule is CC(C)NCC1CCNCC1C. The lowest BCUT2D eigenvalue weighted by molar-refractivity contribution is 0.259. The van der Waals surface area contributed by atoms with Crippen molar-refractivity contribution in [3.05, 3.63) is 0 Å². The predicted octanol–water partition coefficient (Wildman–Crippen LogP) is 1.23. The summed E-state index contributed by atoms with van der Waals surface area (Å²) in [4.78, 5) is 0. The Morgan fingerprint density at radius 1 is 1.50 bits per heavy atom. The lowest BCUT2D eigenvalue weighted by Gasteiger charge is -2.30. The zero-order valence-electron chi connectivity index (χ0n) is 8.56. The molecule has 1 heterocycles. The van der Waals surface area contributed by atoms with Crippen LogP contribution < -0.4 is 10.6 Å². The van der Waals surface area contributed by atoms with E-state index in [-0.39, 0.29) is 0 Å². The first-order chi connectivity index (χ1) is 5.70. The van der Waals surface area contributed by atoms with Crippen LogP contribution in [0.3, 0.4) is 0 Å². The van der Waals surface area contributed by atoms with Gasteiger partial charge in [0, 0.05) is 6.04 Å². The maximum Gasteiger partial charge on any atom is 0.00104 e. The Labute approximate surface area is 76.1 Å². The maximum atomic E-state index is 3.52. The molecule has 0 saturated carbocycles. The molecule has 12 heavy (non-hydrogen) atoms. The molecular formula is C10H22N2. The third-order valence-electron chi connectivity index (χ3n) is 2.75. The summed E-state index contributed by atoms with van der Waals surface area (Å²) in [6, 6.07) is 0.632. The number of nitrogens with one attached hydrogen (secondary N) is 2. The van der Waals surface area contributed by atoms with E-state index >= 15 is 0 Å². The first-order valence-corrected chi connectivity index (χ1v) is 5.14. The number of rotatable bonds is 3. The minimum Gasteiger partial charge on any atom is -0.316 e. The topological polar surface area (TPSA) is 24.1 Å². The van der Waals surface area contributed by atoms with Gasteiger partial charge in [0.1, 0.15) is 0 Å². The summed E-state index contributed by atoms with van der Waals surface area (Å²) in [5, 5.41) is 6.94. The van der Waals surface area contributed by atoms with E-state index < -0.39 is 0 Å². The number of hydrogen-bond donors (Lipinski definition) is 2. The highest BCUT2D eigenvalue weighted by atomic mass is 14.9. The van der Waals surface area contributed by atoms with E-state index in [0.29, 0.717) is 6.04 Å². The van der Waals surface area contributed by atoms with Gasteiger partial charge >= 0.3 is 0 Å². The molecule has 0 radical (unpaired) electrons. The Balaban J connectivity index is 2.20. The van der Waals surface area contributed by atoms with E-state index in [4.69, 9.17) is 0 Å². The van der Waals surface area contributed by atoms with Crippen molar-refractivity contribution in [1.29, 1.82) is 0 Å². The van der Waals surface area contributed by atoms with Crippen LogP contribution >= 0.6 is 0 Å². The molecule has 1 rings (SSSR count). The standard InChI is InChI=1S/C10H22N2/c1-8(2)12-7-10-4-5-11-6-9(10)3/h8-12H,4-7H2,1-3H3. The quantitative estimate of drug-likeness (QED) is 0.665. The molecule has 1 saturated heterocycles. The second kappa shape index (κ2) is 4.83. The summed E-state index contributed by atoms with van der Waals surface area (Å²) in [5.74, 6) is 1.72. The molecule has 0 amide bonds. The highest BCUT2D eigenvalue weighted by Gasteiger charge is 2.20. The molecule has 2 unspecified atom stereocenters. The second-order valence-corrected chi connectivity index (χ2v) is 4.29. The minimum atomic E-state index is 0.632. The molecule has 0 aromatic carbocycles. The Hall–Kier alpha value is -0.0800. The Kier molecular flexibility index (Phi) is 4.02. The third-order valence-corrected chi connectivity index (χ3v) is 2.75. The molecule has 0 aromatic rings. The summed E-state index contributed by atoms with van der Waals surface area (Å²) < 4.78 is 0. The molecule has 0 bridgehead atoms. The predicted molar refractivity (Wildman–Crippen MR) is 53.3 cm³/mol. The molecule has 2 N–H and O–H groups in total. The molecule has 72 valence electrons. The van der Waals surface area contributed by atoms with Gasteiger partial charge in [0.15, 0.2) is 0 Å². The lowest BCUT2D eigenvalue weighted by Crippen LogP contribution is -2.41. The lowest BCUT2D eigenvalue weighted by atomic mass is 9.88. The summed E-state index contributed by atoms with van der Waals surface area (Å²) in [6.07, 6.45) is 1.33. The van der Waals surface area contributed by atoms with Crippen molar-refractivity contribution in [1.82, 2.24) is 10.6 Å². The number of hydrogen-bond acceptors (Lipinski definition) is 2. The summed E-state index contributed by atoms with van der Waals surface area (Å²) in [6.45, 7) is 10.4. The molecule has 1 fully saturated rings. The van der Waals surface area contributed by atoms with Gasteiger partial charge in [0.25, 0.3) is 0 Å². The van der Waals surface area contributed by atoms with Crippen molar-refractivity contribution < 1.29 is 0 Å². The summed E-state index contributed by atoms with van der Waals surface area (Å²) in [7, 11) is 0. The average Bonchev–Trinajstić information content (AvgIpc) is 2.03. The van der Waals surface area contributed by atoms with E-state index in [9.17, 15) is 0 Å². The van der Waals surface area contributed by atoms with E-state index in [1.807, 2.05) is 0 Å². The van der Waals surface area contributed by atoms with E-state index in [1.165, 1.54) is 26.1 Å². The Morgan fingerprint density at radius 2 is 2.25 bits per heavy atom. The van der Waals surface area contributed by atoms with Crippen LogP contribution in [-0.4, -0.2) is 25.7 Å². The second-order valence-electron chi connectivity index (χ2n) is 4.29. The van der Waals surface area contributed by atoms with Crippen molar-refractivity contribution in [2.45, 2.75) is 33.2 Å². The molecule has 0 aliphatic carbocycles. The fourth-order valence-corrected chi connectivity index (χ4v) is 1.76. The first-order valence-electron chi connectivity index (χ1n) is 5.14. The van der Waals surface area contributed by atoms with Crippen LogP contribution in [0, 0.1) is 11.8 Å². The third kappa shape index (κ3) is 3.11. The van der Waals surface area contributed by atoms with Crippen LogP contribution in [-0.2, 0) is 0 Å². The normalized spacial score (nSPS) is 31.0. The van der Waals surface area contributed by atoms with Gasteiger partial charge < -0.3 is 10.6 Å². The maximum absolute atomic E-state index is 3.52. The monoisotopic (exact) mass is 170 g/mol. The van der Waals surface area contributed by atoms with Gasteiger partial charge in [-0.1, -0.05) is 20.8 Å². The molecule has 0 aromatic heterocycles. The molecule has 1 aliphatic heterocycles. The van der Waals surface area contributed by atoms with E-state index in [0.717, 1.165) is 11.8 Å². The fraction of sp³-hybridized carbons (Fsp3) is 1.00. The zero-order chi connectivity index (χ0) is 8.97. The average molecular weight is 170 g/mol. The highest BCUT2D eigenvalue weighted by Crippen LogP contribution is 2.17. The van der Waals surface area contributed by atoms with Crippen molar-refractivity contribution >= 4 is 0 Å². The van der Waals surface area contributed by atoms with Gasteiger partial charge in [-0.25, -0.2) is 0 Å². The van der Waals surface area contributed by atoms with Gasteiger partial charge in [-0.3, -0.25) is 0 Å². The largest absolute Gasteiger partial charge is 0.316 e. The Morgan fingerprint density at radius 3 is 2.83 bits per heavy atom. The van der Waals surface area contributed by atoms with Crippen molar-refractivity contribution in [3.8, 4) is 0 Å². The number of piperidine rings is 1. The van der Waals surface area contributed by atoms with Crippen LogP contribution in [0.4, 0.5) is 0 Å². The zero-order valence-corrected chi connectivity index (χ0v) is 8.56. The van der Waals surface area contributed by atoms with Crippen molar-refractivity contribution in [2.24, 2.45) is 11.8 Å². The van der Waals surface area contributed by atoms with Gasteiger partial charge in [0.2, 0.25) is 0 Å². The van der Waals surface area contributed by atoms with Gasteiger partial charge in [-0.05, 0) is 37.9 Å². The Bertz CT molecular complexity index is 123. The van der Waals surface area contributed by atoms with E-state index in [1.54, 1.807) is 0 Å². The fourth-order valence-electron chi connectivity index (χ4n) is 1.76. The highest BCUT2D eigenvalue weighted by molar-refractivity contribution is 4.76. The summed E-state index contributed by atoms with van der Waals surface area (Å²) >= 11 is 0. The minimum absolute atomic E-state index is 0.632. The van der Waals surface area contributed by atoms with Gasteiger partial charge in [-0.2, -0.15) is 0 Å². The molecule has 0 spiro atoms. The summed E-state index contributed by atoms with van der Waals surface area (Å²) in [5.41, 5.74) is 0. The van der Waals surface area contributed by atoms with Gasteiger partial charge in [-0.15, -0.1) is 0 Å². The van der Waals surface area contributed by atoms with Crippen LogP contribution in [0.15, 0.2) is 0 Å². The molecule has 1 aliphatic rings. The van der Waals surface area contributed by atoms with Crippen LogP contribution in [0.2, 0.25) is 0 Å². The van der Waals surface area contributed by atoms with Crippen LogP contribution in [0.25, 0.3) is 0 Å². The van der Waals surface area contributed by atoms with Gasteiger partial charge in [0.05, 0.1) is 0 Å². The molecule has 2 atom stereocenters. The van der Waals surface area contributed by atoms with Crippen molar-refractivity contribution in [3.63, 3.8) is 0 Å². The molecule has 2 nitrogen and oxygen atoms in total. The van der Waals surface area contributed by atoms with Crippen LogP contribution in [0.5, 0.6) is 0 Å². The molecule has 2 heteroatoms. The first kappa shape index (κ1) is 10.0. The van der Waals surface area contributed by atoms with E-state index in [2.05, 4.69) is 31.4 Å². The molecular weight excluding hydrogens is 148 g/mol. The smallest absolute Gasteiger partial charge is 0.00104 e.